The Bertz CT molecular complexity index is 433. The number of aliphatic carboxylic acids is 1. The van der Waals surface area contributed by atoms with Crippen LogP contribution in [0.3, 0.4) is 0 Å². The van der Waals surface area contributed by atoms with Gasteiger partial charge in [0.25, 0.3) is 0 Å². The molecule has 0 spiro atoms. The number of carbonyl (C=O) groups is 2. The van der Waals surface area contributed by atoms with Crippen molar-refractivity contribution in [2.45, 2.75) is 25.0 Å². The summed E-state index contributed by atoms with van der Waals surface area (Å²) in [6, 6.07) is -0.576. The fourth-order valence-electron chi connectivity index (χ4n) is 1.45. The summed E-state index contributed by atoms with van der Waals surface area (Å²) in [5.74, 6) is -0.925. The number of primary amides is 1. The zero-order valence-corrected chi connectivity index (χ0v) is 10.9. The molecule has 18 heavy (non-hydrogen) atoms. The van der Waals surface area contributed by atoms with Crippen molar-refractivity contribution >= 4 is 23.8 Å². The Morgan fingerprint density at radius 2 is 2.33 bits per heavy atom. The maximum Gasteiger partial charge on any atom is 0.313 e. The number of nitrogens with zero attached hydrogens (tertiary/aromatic N) is 2. The molecule has 2 amide bonds. The van der Waals surface area contributed by atoms with Crippen LogP contribution in [0.4, 0.5) is 4.79 Å². The first-order valence-corrected chi connectivity index (χ1v) is 6.45. The molecule has 0 fully saturated rings. The van der Waals surface area contributed by atoms with Crippen LogP contribution in [-0.2, 0) is 17.8 Å². The highest BCUT2D eigenvalue weighted by Crippen LogP contribution is 2.18. The van der Waals surface area contributed by atoms with Crippen molar-refractivity contribution in [1.29, 1.82) is 0 Å². The molecule has 8 heteroatoms. The summed E-state index contributed by atoms with van der Waals surface area (Å²) in [5, 5.41) is 11.8. The van der Waals surface area contributed by atoms with E-state index in [0.717, 1.165) is 23.9 Å². The van der Waals surface area contributed by atoms with E-state index in [1.165, 1.54) is 0 Å². The van der Waals surface area contributed by atoms with E-state index in [2.05, 4.69) is 10.3 Å². The third-order valence-electron chi connectivity index (χ3n) is 2.22. The van der Waals surface area contributed by atoms with Crippen LogP contribution in [0.15, 0.2) is 11.4 Å². The van der Waals surface area contributed by atoms with Crippen LogP contribution in [-0.4, -0.2) is 39.0 Å². The molecule has 1 aromatic heterocycles. The molecule has 1 rings (SSSR count). The number of imidazole rings is 1. The summed E-state index contributed by atoms with van der Waals surface area (Å²) >= 11 is 1.16. The van der Waals surface area contributed by atoms with E-state index in [1.807, 2.05) is 11.5 Å². The summed E-state index contributed by atoms with van der Waals surface area (Å²) in [4.78, 5) is 25.3. The first-order valence-electron chi connectivity index (χ1n) is 5.47. The van der Waals surface area contributed by atoms with E-state index in [0.29, 0.717) is 18.2 Å². The van der Waals surface area contributed by atoms with Gasteiger partial charge in [0.2, 0.25) is 0 Å². The Kier molecular flexibility index (Phi) is 5.50. The number of amides is 2. The monoisotopic (exact) mass is 272 g/mol. The third kappa shape index (κ3) is 4.28. The average Bonchev–Trinajstić information content (AvgIpc) is 2.68. The van der Waals surface area contributed by atoms with Gasteiger partial charge in [0.05, 0.1) is 5.75 Å². The first kappa shape index (κ1) is 14.4. The molecule has 0 unspecified atom stereocenters. The Morgan fingerprint density at radius 1 is 1.61 bits per heavy atom. The molecule has 0 aliphatic heterocycles. The Hall–Kier alpha value is -1.70. The highest BCUT2D eigenvalue weighted by Gasteiger charge is 2.10. The third-order valence-corrected chi connectivity index (χ3v) is 3.20. The number of carboxylic acids is 1. The van der Waals surface area contributed by atoms with Gasteiger partial charge >= 0.3 is 12.0 Å². The van der Waals surface area contributed by atoms with E-state index in [-0.39, 0.29) is 5.75 Å². The molecule has 0 saturated heterocycles. The molecule has 0 bridgehead atoms. The Labute approximate surface area is 109 Å². The Balaban J connectivity index is 2.68. The Morgan fingerprint density at radius 3 is 2.89 bits per heavy atom. The van der Waals surface area contributed by atoms with E-state index in [4.69, 9.17) is 10.8 Å². The van der Waals surface area contributed by atoms with Gasteiger partial charge in [-0.2, -0.15) is 0 Å². The van der Waals surface area contributed by atoms with Crippen molar-refractivity contribution in [1.82, 2.24) is 14.9 Å². The van der Waals surface area contributed by atoms with Crippen LogP contribution in [0.5, 0.6) is 0 Å². The summed E-state index contributed by atoms with van der Waals surface area (Å²) in [6.07, 6.45) is 2.51. The van der Waals surface area contributed by atoms with Gasteiger partial charge in [-0.05, 0) is 6.42 Å². The smallest absolute Gasteiger partial charge is 0.313 e. The van der Waals surface area contributed by atoms with E-state index in [9.17, 15) is 9.59 Å². The van der Waals surface area contributed by atoms with Gasteiger partial charge in [0.1, 0.15) is 0 Å². The molecule has 0 atom stereocenters. The molecule has 0 aromatic carbocycles. The predicted octanol–water partition coefficient (Wildman–Crippen LogP) is 0.291. The fourth-order valence-corrected chi connectivity index (χ4v) is 2.19. The number of aryl methyl sites for hydroxylation is 1. The lowest BCUT2D eigenvalue weighted by Crippen LogP contribution is -2.32. The summed E-state index contributed by atoms with van der Waals surface area (Å²) in [7, 11) is 0. The summed E-state index contributed by atoms with van der Waals surface area (Å²) < 4.78 is 1.89. The number of aromatic nitrogens is 2. The molecule has 4 N–H and O–H groups in total. The standard InChI is InChI=1S/C10H16N4O3S/c1-2-7-5-13-10(18-6-8(15)16)14(7)4-3-12-9(11)17/h5H,2-4,6H2,1H3,(H,15,16)(H3,11,12,17). The zero-order valence-electron chi connectivity index (χ0n) is 10.0. The minimum Gasteiger partial charge on any atom is -0.481 e. The maximum atomic E-state index is 10.6. The van der Waals surface area contributed by atoms with Crippen molar-refractivity contribution in [3.63, 3.8) is 0 Å². The van der Waals surface area contributed by atoms with E-state index < -0.39 is 12.0 Å². The van der Waals surface area contributed by atoms with Crippen molar-refractivity contribution in [2.24, 2.45) is 5.73 Å². The van der Waals surface area contributed by atoms with Gasteiger partial charge in [-0.15, -0.1) is 0 Å². The second-order valence-corrected chi connectivity index (χ2v) is 4.45. The van der Waals surface area contributed by atoms with E-state index in [1.54, 1.807) is 6.20 Å². The van der Waals surface area contributed by atoms with Crippen LogP contribution < -0.4 is 11.1 Å². The van der Waals surface area contributed by atoms with E-state index >= 15 is 0 Å². The number of hydrogen-bond donors (Lipinski definition) is 3. The van der Waals surface area contributed by atoms with Crippen LogP contribution in [0.2, 0.25) is 0 Å². The molecular weight excluding hydrogens is 256 g/mol. The van der Waals surface area contributed by atoms with Gasteiger partial charge in [-0.1, -0.05) is 18.7 Å². The second kappa shape index (κ2) is 6.90. The first-order chi connectivity index (χ1) is 8.54. The number of carboxylic acid groups (broad SMARTS) is 1. The van der Waals surface area contributed by atoms with Crippen LogP contribution in [0, 0.1) is 0 Å². The minimum absolute atomic E-state index is 0.0383. The normalized spacial score (nSPS) is 10.3. The highest BCUT2D eigenvalue weighted by molar-refractivity contribution is 7.99. The lowest BCUT2D eigenvalue weighted by atomic mass is 10.3. The number of urea groups is 1. The number of carbonyl (C=O) groups excluding carboxylic acids is 1. The molecule has 7 nitrogen and oxygen atoms in total. The molecule has 0 aliphatic rings. The predicted molar refractivity (Wildman–Crippen MR) is 67.6 cm³/mol. The lowest BCUT2D eigenvalue weighted by molar-refractivity contribution is -0.133. The van der Waals surface area contributed by atoms with Gasteiger partial charge < -0.3 is 20.7 Å². The number of rotatable bonds is 7. The van der Waals surface area contributed by atoms with Crippen molar-refractivity contribution < 1.29 is 14.7 Å². The molecule has 0 radical (unpaired) electrons. The maximum absolute atomic E-state index is 10.6. The topological polar surface area (TPSA) is 110 Å². The molecule has 0 aliphatic carbocycles. The number of nitrogens with one attached hydrogen (secondary N) is 1. The van der Waals surface area contributed by atoms with Crippen LogP contribution in [0.25, 0.3) is 0 Å². The highest BCUT2D eigenvalue weighted by atomic mass is 32.2. The number of hydrogen-bond acceptors (Lipinski definition) is 4. The molecule has 100 valence electrons. The average molecular weight is 272 g/mol. The van der Waals surface area contributed by atoms with Crippen molar-refractivity contribution in [2.75, 3.05) is 12.3 Å². The lowest BCUT2D eigenvalue weighted by Gasteiger charge is -2.10. The second-order valence-electron chi connectivity index (χ2n) is 3.51. The molecule has 1 heterocycles. The quantitative estimate of drug-likeness (QED) is 0.618. The zero-order chi connectivity index (χ0) is 13.5. The number of thioether (sulfide) groups is 1. The van der Waals surface area contributed by atoms with Gasteiger partial charge in [-0.25, -0.2) is 9.78 Å². The fraction of sp³-hybridized carbons (Fsp3) is 0.500. The minimum atomic E-state index is -0.886. The van der Waals surface area contributed by atoms with Gasteiger partial charge in [-0.3, -0.25) is 4.79 Å². The molecule has 0 saturated carbocycles. The summed E-state index contributed by atoms with van der Waals surface area (Å²) in [6.45, 7) is 2.90. The van der Waals surface area contributed by atoms with Crippen LogP contribution >= 0.6 is 11.8 Å². The molecule has 1 aromatic rings. The van der Waals surface area contributed by atoms with Crippen molar-refractivity contribution in [3.05, 3.63) is 11.9 Å². The number of nitrogens with two attached hydrogens (primary N) is 1. The molecular formula is C10H16N4O3S. The van der Waals surface area contributed by atoms with Gasteiger partial charge in [0.15, 0.2) is 5.16 Å². The van der Waals surface area contributed by atoms with Gasteiger partial charge in [0, 0.05) is 25.0 Å². The largest absolute Gasteiger partial charge is 0.481 e. The SMILES string of the molecule is CCc1cnc(SCC(=O)O)n1CCNC(N)=O. The summed E-state index contributed by atoms with van der Waals surface area (Å²) in [5.41, 5.74) is 5.98. The van der Waals surface area contributed by atoms with Crippen molar-refractivity contribution in [3.8, 4) is 0 Å². The van der Waals surface area contributed by atoms with Crippen LogP contribution in [0.1, 0.15) is 12.6 Å².